The Bertz CT molecular complexity index is 339. The van der Waals surface area contributed by atoms with Gasteiger partial charge in [0.1, 0.15) is 0 Å². The van der Waals surface area contributed by atoms with Gasteiger partial charge < -0.3 is 10.6 Å². The van der Waals surface area contributed by atoms with Gasteiger partial charge in [0.15, 0.2) is 0 Å². The monoisotopic (exact) mass is 230 g/mol. The number of nitrogens with one attached hydrogen (secondary N) is 2. The molecule has 0 aromatic carbocycles. The zero-order valence-electron chi connectivity index (χ0n) is 7.55. The lowest BCUT2D eigenvalue weighted by Crippen LogP contribution is -2.35. The van der Waals surface area contributed by atoms with E-state index in [1.165, 1.54) is 0 Å². The van der Waals surface area contributed by atoms with Gasteiger partial charge in [0.05, 0.1) is 11.1 Å². The second-order valence-electron chi connectivity index (χ2n) is 3.20. The number of amides is 1. The smallest absolute Gasteiger partial charge is 0.237 e. The van der Waals surface area contributed by atoms with Crippen LogP contribution in [-0.2, 0) is 11.3 Å². The van der Waals surface area contributed by atoms with Crippen molar-refractivity contribution in [2.24, 2.45) is 0 Å². The quantitative estimate of drug-likeness (QED) is 0.824. The Morgan fingerprint density at radius 2 is 2.57 bits per heavy atom. The van der Waals surface area contributed by atoms with Crippen molar-refractivity contribution in [1.82, 2.24) is 10.6 Å². The van der Waals surface area contributed by atoms with Crippen LogP contribution in [0.4, 0.5) is 0 Å². The van der Waals surface area contributed by atoms with Crippen molar-refractivity contribution in [3.8, 4) is 0 Å². The van der Waals surface area contributed by atoms with Crippen LogP contribution in [-0.4, -0.2) is 18.5 Å². The molecule has 0 aliphatic carbocycles. The topological polar surface area (TPSA) is 41.1 Å². The fraction of sp³-hybridized carbons (Fsp3) is 0.444. The van der Waals surface area contributed by atoms with Crippen molar-refractivity contribution >= 4 is 28.8 Å². The van der Waals surface area contributed by atoms with Gasteiger partial charge in [0, 0.05) is 18.0 Å². The second-order valence-corrected chi connectivity index (χ2v) is 4.61. The minimum Gasteiger partial charge on any atom is -0.355 e. The van der Waals surface area contributed by atoms with E-state index in [9.17, 15) is 4.79 Å². The summed E-state index contributed by atoms with van der Waals surface area (Å²) in [5.41, 5.74) is 0. The molecular formula is C9H11ClN2OS. The van der Waals surface area contributed by atoms with Crippen LogP contribution < -0.4 is 10.6 Å². The van der Waals surface area contributed by atoms with Crippen LogP contribution in [0.5, 0.6) is 0 Å². The van der Waals surface area contributed by atoms with Gasteiger partial charge in [-0.25, -0.2) is 0 Å². The molecule has 76 valence electrons. The number of hydrogen-bond donors (Lipinski definition) is 2. The molecule has 1 saturated heterocycles. The largest absolute Gasteiger partial charge is 0.355 e. The molecule has 1 aromatic heterocycles. The molecule has 2 rings (SSSR count). The molecule has 1 atom stereocenters. The first-order valence-electron chi connectivity index (χ1n) is 4.50. The van der Waals surface area contributed by atoms with E-state index >= 15 is 0 Å². The first-order valence-corrected chi connectivity index (χ1v) is 5.76. The van der Waals surface area contributed by atoms with Gasteiger partial charge in [-0.15, -0.1) is 11.3 Å². The minimum atomic E-state index is -0.0480. The van der Waals surface area contributed by atoms with Gasteiger partial charge in [-0.3, -0.25) is 4.79 Å². The summed E-state index contributed by atoms with van der Waals surface area (Å²) in [4.78, 5) is 12.3. The van der Waals surface area contributed by atoms with Crippen LogP contribution in [0.1, 0.15) is 11.3 Å². The summed E-state index contributed by atoms with van der Waals surface area (Å²) in [5, 5.41) is 8.70. The number of carbonyl (C=O) groups excluding carboxylic acids is 1. The molecule has 2 heterocycles. The second kappa shape index (κ2) is 4.29. The predicted octanol–water partition coefficient (Wildman–Crippen LogP) is 1.38. The number of hydrogen-bond acceptors (Lipinski definition) is 3. The van der Waals surface area contributed by atoms with Crippen LogP contribution >= 0.6 is 22.9 Å². The lowest BCUT2D eigenvalue weighted by Gasteiger charge is -2.08. The average molecular weight is 231 g/mol. The third kappa shape index (κ3) is 2.08. The van der Waals surface area contributed by atoms with E-state index in [1.54, 1.807) is 11.3 Å². The van der Waals surface area contributed by atoms with E-state index in [2.05, 4.69) is 10.6 Å². The SMILES string of the molecule is O=C1NCCC1NCc1sccc1Cl. The third-order valence-electron chi connectivity index (χ3n) is 2.25. The van der Waals surface area contributed by atoms with E-state index in [1.807, 2.05) is 11.4 Å². The van der Waals surface area contributed by atoms with Gasteiger partial charge in [0.2, 0.25) is 5.91 Å². The normalized spacial score (nSPS) is 21.2. The van der Waals surface area contributed by atoms with Crippen molar-refractivity contribution < 1.29 is 4.79 Å². The first kappa shape index (κ1) is 9.96. The molecule has 1 unspecified atom stereocenters. The zero-order valence-corrected chi connectivity index (χ0v) is 9.12. The first-order chi connectivity index (χ1) is 6.77. The number of rotatable bonds is 3. The minimum absolute atomic E-state index is 0.0480. The highest BCUT2D eigenvalue weighted by Gasteiger charge is 2.23. The summed E-state index contributed by atoms with van der Waals surface area (Å²) in [6.45, 7) is 1.45. The van der Waals surface area contributed by atoms with Crippen molar-refractivity contribution in [1.29, 1.82) is 0 Å². The fourth-order valence-electron chi connectivity index (χ4n) is 1.46. The maximum atomic E-state index is 11.2. The Kier molecular flexibility index (Phi) is 3.05. The molecular weight excluding hydrogens is 220 g/mol. The van der Waals surface area contributed by atoms with Gasteiger partial charge in [-0.1, -0.05) is 11.6 Å². The summed E-state index contributed by atoms with van der Waals surface area (Å²) in [6, 6.07) is 1.82. The van der Waals surface area contributed by atoms with Crippen LogP contribution in [0.3, 0.4) is 0 Å². The van der Waals surface area contributed by atoms with Gasteiger partial charge >= 0.3 is 0 Å². The van der Waals surface area contributed by atoms with Crippen LogP contribution in [0.25, 0.3) is 0 Å². The lowest BCUT2D eigenvalue weighted by molar-refractivity contribution is -0.120. The molecule has 2 N–H and O–H groups in total. The van der Waals surface area contributed by atoms with E-state index in [4.69, 9.17) is 11.6 Å². The maximum Gasteiger partial charge on any atom is 0.237 e. The van der Waals surface area contributed by atoms with Crippen LogP contribution in [0.2, 0.25) is 5.02 Å². The molecule has 0 spiro atoms. The third-order valence-corrected chi connectivity index (χ3v) is 3.64. The number of carbonyl (C=O) groups is 1. The van der Waals surface area contributed by atoms with Gasteiger partial charge in [0.25, 0.3) is 0 Å². The summed E-state index contributed by atoms with van der Waals surface area (Å²) < 4.78 is 0. The Hall–Kier alpha value is -0.580. The summed E-state index contributed by atoms with van der Waals surface area (Å²) in [6.07, 6.45) is 0.863. The van der Waals surface area contributed by atoms with Gasteiger partial charge in [-0.2, -0.15) is 0 Å². The molecule has 0 bridgehead atoms. The number of thiophene rings is 1. The lowest BCUT2D eigenvalue weighted by atomic mass is 10.2. The van der Waals surface area contributed by atoms with Crippen LogP contribution in [0, 0.1) is 0 Å². The highest BCUT2D eigenvalue weighted by Crippen LogP contribution is 2.21. The summed E-state index contributed by atoms with van der Waals surface area (Å²) in [5.74, 6) is 0.0951. The Morgan fingerprint density at radius 1 is 1.71 bits per heavy atom. The molecule has 3 nitrogen and oxygen atoms in total. The van der Waals surface area contributed by atoms with E-state index in [-0.39, 0.29) is 11.9 Å². The number of halogens is 1. The molecule has 0 radical (unpaired) electrons. The van der Waals surface area contributed by atoms with Crippen molar-refractivity contribution in [3.05, 3.63) is 21.3 Å². The highest BCUT2D eigenvalue weighted by molar-refractivity contribution is 7.10. The molecule has 1 aliphatic heterocycles. The Balaban J connectivity index is 1.88. The summed E-state index contributed by atoms with van der Waals surface area (Å²) in [7, 11) is 0. The van der Waals surface area contributed by atoms with Crippen molar-refractivity contribution in [2.75, 3.05) is 6.54 Å². The predicted molar refractivity (Wildman–Crippen MR) is 57.6 cm³/mol. The average Bonchev–Trinajstić information content (AvgIpc) is 2.72. The summed E-state index contributed by atoms with van der Waals surface area (Å²) >= 11 is 7.54. The standard InChI is InChI=1S/C9H11ClN2OS/c10-6-2-4-14-8(6)5-12-7-1-3-11-9(7)13/h2,4,7,12H,1,3,5H2,(H,11,13). The maximum absolute atomic E-state index is 11.2. The highest BCUT2D eigenvalue weighted by atomic mass is 35.5. The molecule has 1 aliphatic rings. The van der Waals surface area contributed by atoms with E-state index in [0.29, 0.717) is 6.54 Å². The van der Waals surface area contributed by atoms with E-state index in [0.717, 1.165) is 22.9 Å². The molecule has 5 heteroatoms. The van der Waals surface area contributed by atoms with Crippen molar-refractivity contribution in [2.45, 2.75) is 19.0 Å². The Labute approximate surface area is 91.5 Å². The Morgan fingerprint density at radius 3 is 3.14 bits per heavy atom. The fourth-order valence-corrected chi connectivity index (χ4v) is 2.51. The zero-order chi connectivity index (χ0) is 9.97. The van der Waals surface area contributed by atoms with Crippen LogP contribution in [0.15, 0.2) is 11.4 Å². The molecule has 1 aromatic rings. The molecule has 1 amide bonds. The molecule has 1 fully saturated rings. The van der Waals surface area contributed by atoms with E-state index < -0.39 is 0 Å². The van der Waals surface area contributed by atoms with Gasteiger partial charge in [-0.05, 0) is 17.9 Å². The molecule has 0 saturated carbocycles. The molecule has 14 heavy (non-hydrogen) atoms. The van der Waals surface area contributed by atoms with Crippen molar-refractivity contribution in [3.63, 3.8) is 0 Å².